The second-order valence-corrected chi connectivity index (χ2v) is 6.08. The molecule has 0 aliphatic heterocycles. The summed E-state index contributed by atoms with van der Waals surface area (Å²) in [5.74, 6) is 0.768. The SMILES string of the molecule is CCN(CC(=O)Nc1ccc(OC)cc1)Cc1cc(C)cc(C)c1. The van der Waals surface area contributed by atoms with Gasteiger partial charge in [0, 0.05) is 12.2 Å². The van der Waals surface area contributed by atoms with Gasteiger partial charge in [-0.15, -0.1) is 0 Å². The van der Waals surface area contributed by atoms with Crippen LogP contribution in [0.4, 0.5) is 5.69 Å². The Bertz CT molecular complexity index is 660. The van der Waals surface area contributed by atoms with Crippen LogP contribution in [0.15, 0.2) is 42.5 Å². The van der Waals surface area contributed by atoms with Crippen molar-refractivity contribution in [1.82, 2.24) is 4.90 Å². The highest BCUT2D eigenvalue weighted by Crippen LogP contribution is 2.15. The van der Waals surface area contributed by atoms with Gasteiger partial charge in [-0.05, 0) is 50.2 Å². The van der Waals surface area contributed by atoms with Crippen LogP contribution in [0.5, 0.6) is 5.75 Å². The van der Waals surface area contributed by atoms with Gasteiger partial charge < -0.3 is 10.1 Å². The van der Waals surface area contributed by atoms with Gasteiger partial charge in [-0.3, -0.25) is 9.69 Å². The zero-order chi connectivity index (χ0) is 17.5. The van der Waals surface area contributed by atoms with E-state index >= 15 is 0 Å². The van der Waals surface area contributed by atoms with E-state index in [4.69, 9.17) is 4.74 Å². The van der Waals surface area contributed by atoms with Crippen LogP contribution in [0.25, 0.3) is 0 Å². The van der Waals surface area contributed by atoms with Crippen molar-refractivity contribution in [3.05, 3.63) is 59.2 Å². The summed E-state index contributed by atoms with van der Waals surface area (Å²) < 4.78 is 5.12. The van der Waals surface area contributed by atoms with Crippen molar-refractivity contribution in [1.29, 1.82) is 0 Å². The van der Waals surface area contributed by atoms with Crippen molar-refractivity contribution < 1.29 is 9.53 Å². The Morgan fingerprint density at radius 3 is 2.25 bits per heavy atom. The van der Waals surface area contributed by atoms with Gasteiger partial charge in [0.05, 0.1) is 13.7 Å². The molecule has 2 rings (SSSR count). The number of amides is 1. The van der Waals surface area contributed by atoms with Crippen molar-refractivity contribution in [3.8, 4) is 5.75 Å². The maximum atomic E-state index is 12.3. The molecular formula is C20H26N2O2. The normalized spacial score (nSPS) is 10.7. The number of hydrogen-bond donors (Lipinski definition) is 1. The van der Waals surface area contributed by atoms with Crippen LogP contribution in [-0.4, -0.2) is 31.0 Å². The fourth-order valence-corrected chi connectivity index (χ4v) is 2.78. The lowest BCUT2D eigenvalue weighted by atomic mass is 10.1. The molecule has 0 heterocycles. The Morgan fingerprint density at radius 2 is 1.71 bits per heavy atom. The first-order chi connectivity index (χ1) is 11.5. The molecule has 2 aromatic carbocycles. The fourth-order valence-electron chi connectivity index (χ4n) is 2.78. The zero-order valence-electron chi connectivity index (χ0n) is 14.9. The molecule has 0 atom stereocenters. The highest BCUT2D eigenvalue weighted by Gasteiger charge is 2.10. The van der Waals surface area contributed by atoms with Gasteiger partial charge in [0.15, 0.2) is 0 Å². The van der Waals surface area contributed by atoms with Crippen LogP contribution in [0, 0.1) is 13.8 Å². The van der Waals surface area contributed by atoms with Crippen molar-refractivity contribution in [2.75, 3.05) is 25.5 Å². The molecule has 0 spiro atoms. The molecule has 0 aliphatic carbocycles. The minimum absolute atomic E-state index is 0.00797. The van der Waals surface area contributed by atoms with Crippen molar-refractivity contribution in [2.24, 2.45) is 0 Å². The molecule has 4 nitrogen and oxygen atoms in total. The summed E-state index contributed by atoms with van der Waals surface area (Å²) in [6.07, 6.45) is 0. The Kier molecular flexibility index (Phi) is 6.38. The van der Waals surface area contributed by atoms with Crippen molar-refractivity contribution in [2.45, 2.75) is 27.3 Å². The monoisotopic (exact) mass is 326 g/mol. The predicted molar refractivity (Wildman–Crippen MR) is 98.5 cm³/mol. The van der Waals surface area contributed by atoms with Crippen LogP contribution >= 0.6 is 0 Å². The molecule has 0 radical (unpaired) electrons. The van der Waals surface area contributed by atoms with Gasteiger partial charge in [-0.25, -0.2) is 0 Å². The average molecular weight is 326 g/mol. The molecule has 1 N–H and O–H groups in total. The number of hydrogen-bond acceptors (Lipinski definition) is 3. The number of carbonyl (C=O) groups is 1. The van der Waals surface area contributed by atoms with E-state index in [9.17, 15) is 4.79 Å². The number of nitrogens with zero attached hydrogens (tertiary/aromatic N) is 1. The molecule has 0 aromatic heterocycles. The number of likely N-dealkylation sites (N-methyl/N-ethyl adjacent to an activating group) is 1. The van der Waals surface area contributed by atoms with Crippen LogP contribution in [0.3, 0.4) is 0 Å². The Hall–Kier alpha value is -2.33. The van der Waals surface area contributed by atoms with Crippen LogP contribution < -0.4 is 10.1 Å². The summed E-state index contributed by atoms with van der Waals surface area (Å²) in [6, 6.07) is 13.9. The lowest BCUT2D eigenvalue weighted by molar-refractivity contribution is -0.117. The molecule has 24 heavy (non-hydrogen) atoms. The van der Waals surface area contributed by atoms with Gasteiger partial charge in [0.2, 0.25) is 5.91 Å². The lowest BCUT2D eigenvalue weighted by Crippen LogP contribution is -2.32. The molecule has 1 amide bonds. The number of rotatable bonds is 7. The second-order valence-electron chi connectivity index (χ2n) is 6.08. The lowest BCUT2D eigenvalue weighted by Gasteiger charge is -2.20. The predicted octanol–water partition coefficient (Wildman–Crippen LogP) is 3.77. The van der Waals surface area contributed by atoms with Gasteiger partial charge in [-0.1, -0.05) is 36.2 Å². The first-order valence-electron chi connectivity index (χ1n) is 8.23. The van der Waals surface area contributed by atoms with E-state index in [1.54, 1.807) is 7.11 Å². The number of methoxy groups -OCH3 is 1. The summed E-state index contributed by atoms with van der Waals surface area (Å²) in [6.45, 7) is 8.24. The van der Waals surface area contributed by atoms with E-state index < -0.39 is 0 Å². The minimum atomic E-state index is -0.00797. The smallest absolute Gasteiger partial charge is 0.238 e. The maximum absolute atomic E-state index is 12.3. The largest absolute Gasteiger partial charge is 0.497 e. The summed E-state index contributed by atoms with van der Waals surface area (Å²) in [5, 5.41) is 2.93. The summed E-state index contributed by atoms with van der Waals surface area (Å²) in [7, 11) is 1.62. The van der Waals surface area contributed by atoms with Gasteiger partial charge in [-0.2, -0.15) is 0 Å². The molecular weight excluding hydrogens is 300 g/mol. The summed E-state index contributed by atoms with van der Waals surface area (Å²) in [5.41, 5.74) is 4.53. The number of benzene rings is 2. The third kappa shape index (κ3) is 5.39. The van der Waals surface area contributed by atoms with Crippen molar-refractivity contribution in [3.63, 3.8) is 0 Å². The second kappa shape index (κ2) is 8.50. The zero-order valence-corrected chi connectivity index (χ0v) is 14.9. The maximum Gasteiger partial charge on any atom is 0.238 e. The highest BCUT2D eigenvalue weighted by molar-refractivity contribution is 5.92. The van der Waals surface area contributed by atoms with Gasteiger partial charge in [0.25, 0.3) is 0 Å². The van der Waals surface area contributed by atoms with E-state index in [1.165, 1.54) is 16.7 Å². The van der Waals surface area contributed by atoms with E-state index in [1.807, 2.05) is 24.3 Å². The Balaban J connectivity index is 1.94. The standard InChI is InChI=1S/C20H26N2O2/c1-5-22(13-17-11-15(2)10-16(3)12-17)14-20(23)21-18-6-8-19(24-4)9-7-18/h6-12H,5,13-14H2,1-4H3,(H,21,23). The first kappa shape index (κ1) is 18.0. The molecule has 2 aromatic rings. The molecule has 0 bridgehead atoms. The molecule has 4 heteroatoms. The first-order valence-corrected chi connectivity index (χ1v) is 8.23. The van der Waals surface area contributed by atoms with Gasteiger partial charge in [0.1, 0.15) is 5.75 Å². The van der Waals surface area contributed by atoms with Crippen LogP contribution in [-0.2, 0) is 11.3 Å². The number of ether oxygens (including phenoxy) is 1. The molecule has 0 saturated carbocycles. The minimum Gasteiger partial charge on any atom is -0.497 e. The van der Waals surface area contributed by atoms with Crippen LogP contribution in [0.1, 0.15) is 23.6 Å². The molecule has 128 valence electrons. The third-order valence-electron chi connectivity index (χ3n) is 3.88. The van der Waals surface area contributed by atoms with Crippen LogP contribution in [0.2, 0.25) is 0 Å². The molecule has 0 unspecified atom stereocenters. The molecule has 0 saturated heterocycles. The van der Waals surface area contributed by atoms with E-state index in [0.717, 1.165) is 24.5 Å². The average Bonchev–Trinajstić information content (AvgIpc) is 2.54. The topological polar surface area (TPSA) is 41.6 Å². The quantitative estimate of drug-likeness (QED) is 0.842. The number of anilines is 1. The summed E-state index contributed by atoms with van der Waals surface area (Å²) in [4.78, 5) is 14.4. The van der Waals surface area contributed by atoms with E-state index in [0.29, 0.717) is 6.54 Å². The Labute approximate surface area is 144 Å². The number of carbonyl (C=O) groups excluding carboxylic acids is 1. The van der Waals surface area contributed by atoms with E-state index in [2.05, 4.69) is 49.2 Å². The van der Waals surface area contributed by atoms with Gasteiger partial charge >= 0.3 is 0 Å². The molecule has 0 fully saturated rings. The Morgan fingerprint density at radius 1 is 1.08 bits per heavy atom. The fraction of sp³-hybridized carbons (Fsp3) is 0.350. The third-order valence-corrected chi connectivity index (χ3v) is 3.88. The number of nitrogens with one attached hydrogen (secondary N) is 1. The number of aryl methyl sites for hydroxylation is 2. The van der Waals surface area contributed by atoms with Crippen molar-refractivity contribution >= 4 is 11.6 Å². The molecule has 0 aliphatic rings. The van der Waals surface area contributed by atoms with E-state index in [-0.39, 0.29) is 5.91 Å². The highest BCUT2D eigenvalue weighted by atomic mass is 16.5. The summed E-state index contributed by atoms with van der Waals surface area (Å²) >= 11 is 0.